The molecule has 6 rings (SSSR count). The van der Waals surface area contributed by atoms with Gasteiger partial charge in [0.2, 0.25) is 5.91 Å². The van der Waals surface area contributed by atoms with E-state index in [1.165, 1.54) is 17.0 Å². The molecule has 0 unspecified atom stereocenters. The Balaban J connectivity index is 1.44. The molecule has 1 amide bonds. The van der Waals surface area contributed by atoms with E-state index in [0.717, 1.165) is 68.7 Å². The summed E-state index contributed by atoms with van der Waals surface area (Å²) in [5.41, 5.74) is 3.90. The smallest absolute Gasteiger partial charge is 0.225 e. The number of hydrogen-bond donors (Lipinski definition) is 1. The number of piperidine rings is 1. The molecule has 3 aliphatic rings. The van der Waals surface area contributed by atoms with Crippen molar-refractivity contribution in [2.75, 3.05) is 33.4 Å². The number of nitrogens with zero attached hydrogens (tertiary/aromatic N) is 3. The van der Waals surface area contributed by atoms with Crippen molar-refractivity contribution in [2.24, 2.45) is 13.0 Å². The summed E-state index contributed by atoms with van der Waals surface area (Å²) < 4.78 is 22.5. The van der Waals surface area contributed by atoms with Crippen LogP contribution in [0.1, 0.15) is 55.0 Å². The lowest BCUT2D eigenvalue weighted by Crippen LogP contribution is -2.55. The topological polar surface area (TPSA) is 57.9 Å². The van der Waals surface area contributed by atoms with Gasteiger partial charge in [-0.25, -0.2) is 4.39 Å². The van der Waals surface area contributed by atoms with Gasteiger partial charge in [-0.2, -0.15) is 0 Å². The molecule has 3 aromatic rings. The maximum absolute atomic E-state index is 14.7. The fraction of sp³-hybridized carbons (Fsp3) is 0.500. The first-order valence-corrected chi connectivity index (χ1v) is 13.5. The summed E-state index contributed by atoms with van der Waals surface area (Å²) in [6.45, 7) is 2.56. The predicted molar refractivity (Wildman–Crippen MR) is 141 cm³/mol. The van der Waals surface area contributed by atoms with Gasteiger partial charge in [0, 0.05) is 67.3 Å². The second-order valence-electron chi connectivity index (χ2n) is 11.1. The number of likely N-dealkylation sites (tertiary alicyclic amines) is 1. The highest BCUT2D eigenvalue weighted by molar-refractivity contribution is 5.89. The summed E-state index contributed by atoms with van der Waals surface area (Å²) in [7, 11) is 3.73. The largest absolute Gasteiger partial charge is 0.497 e. The lowest BCUT2D eigenvalue weighted by Gasteiger charge is -2.51. The SMILES string of the molecule is COc1ccc2c3c(n(C)c2c1)[C@H](CO)N(Cc1ccccc1F)CC31CCN(C(=O)C2CCC2)CC1. The predicted octanol–water partition coefficient (Wildman–Crippen LogP) is 4.54. The van der Waals surface area contributed by atoms with E-state index in [2.05, 4.69) is 33.5 Å². The molecule has 1 saturated carbocycles. The van der Waals surface area contributed by atoms with Crippen LogP contribution in [0.4, 0.5) is 4.39 Å². The minimum absolute atomic E-state index is 0.0505. The summed E-state index contributed by atoms with van der Waals surface area (Å²) in [5, 5.41) is 11.9. The second kappa shape index (κ2) is 9.44. The number of aliphatic hydroxyl groups excluding tert-OH is 1. The number of ether oxygens (including phenoxy) is 1. The molecule has 0 radical (unpaired) electrons. The molecule has 1 atom stereocenters. The molecule has 7 heteroatoms. The molecule has 196 valence electrons. The Morgan fingerprint density at radius 1 is 1.16 bits per heavy atom. The van der Waals surface area contributed by atoms with Gasteiger partial charge in [-0.15, -0.1) is 0 Å². The van der Waals surface area contributed by atoms with Crippen molar-refractivity contribution in [1.29, 1.82) is 0 Å². The number of carbonyl (C=O) groups is 1. The van der Waals surface area contributed by atoms with Gasteiger partial charge in [-0.1, -0.05) is 24.6 Å². The molecular formula is C30H36FN3O3. The zero-order valence-electron chi connectivity index (χ0n) is 21.8. The van der Waals surface area contributed by atoms with Gasteiger partial charge in [0.15, 0.2) is 0 Å². The van der Waals surface area contributed by atoms with Crippen LogP contribution in [0.2, 0.25) is 0 Å². The van der Waals surface area contributed by atoms with Crippen LogP contribution in [-0.2, 0) is 23.8 Å². The van der Waals surface area contributed by atoms with Crippen LogP contribution < -0.4 is 4.74 Å². The Morgan fingerprint density at radius 2 is 1.92 bits per heavy atom. The number of methoxy groups -OCH3 is 1. The highest BCUT2D eigenvalue weighted by Gasteiger charge is 2.49. The molecule has 1 saturated heterocycles. The number of halogens is 1. The average molecular weight is 506 g/mol. The third kappa shape index (κ3) is 3.94. The van der Waals surface area contributed by atoms with E-state index >= 15 is 0 Å². The molecule has 6 nitrogen and oxygen atoms in total. The van der Waals surface area contributed by atoms with Gasteiger partial charge in [0.05, 0.1) is 25.3 Å². The zero-order valence-corrected chi connectivity index (χ0v) is 21.8. The Hall–Kier alpha value is -2.90. The molecule has 1 aromatic heterocycles. The van der Waals surface area contributed by atoms with Crippen LogP contribution >= 0.6 is 0 Å². The number of aryl methyl sites for hydroxylation is 1. The molecular weight excluding hydrogens is 469 g/mol. The molecule has 1 N–H and O–H groups in total. The van der Waals surface area contributed by atoms with E-state index in [4.69, 9.17) is 4.74 Å². The van der Waals surface area contributed by atoms with Crippen LogP contribution in [0.3, 0.4) is 0 Å². The number of fused-ring (bicyclic) bond motifs is 4. The third-order valence-electron chi connectivity index (χ3n) is 9.24. The summed E-state index contributed by atoms with van der Waals surface area (Å²) in [6.07, 6.45) is 4.91. The number of aliphatic hydroxyl groups is 1. The van der Waals surface area contributed by atoms with Gasteiger partial charge in [0.25, 0.3) is 0 Å². The van der Waals surface area contributed by atoms with Crippen molar-refractivity contribution in [1.82, 2.24) is 14.4 Å². The summed E-state index contributed by atoms with van der Waals surface area (Å²) in [6, 6.07) is 12.9. The molecule has 2 aliphatic heterocycles. The van der Waals surface area contributed by atoms with E-state index in [9.17, 15) is 14.3 Å². The molecule has 1 spiro atoms. The quantitative estimate of drug-likeness (QED) is 0.553. The maximum atomic E-state index is 14.7. The van der Waals surface area contributed by atoms with Crippen molar-refractivity contribution in [3.8, 4) is 5.75 Å². The maximum Gasteiger partial charge on any atom is 0.225 e. The first-order chi connectivity index (χ1) is 18.0. The fourth-order valence-electron chi connectivity index (χ4n) is 6.95. The highest BCUT2D eigenvalue weighted by atomic mass is 19.1. The second-order valence-corrected chi connectivity index (χ2v) is 11.1. The van der Waals surface area contributed by atoms with Gasteiger partial charge in [-0.3, -0.25) is 9.69 Å². The normalized spacial score (nSPS) is 21.7. The van der Waals surface area contributed by atoms with Crippen LogP contribution in [0.25, 0.3) is 10.9 Å². The fourth-order valence-corrected chi connectivity index (χ4v) is 6.95. The van der Waals surface area contributed by atoms with Crippen molar-refractivity contribution < 1.29 is 19.0 Å². The van der Waals surface area contributed by atoms with Crippen LogP contribution in [0.15, 0.2) is 42.5 Å². The minimum atomic E-state index is -0.252. The highest BCUT2D eigenvalue weighted by Crippen LogP contribution is 2.50. The van der Waals surface area contributed by atoms with Gasteiger partial charge < -0.3 is 19.3 Å². The van der Waals surface area contributed by atoms with Crippen molar-refractivity contribution in [2.45, 2.75) is 50.1 Å². The Kier molecular flexibility index (Phi) is 6.24. The first kappa shape index (κ1) is 24.4. The summed E-state index contributed by atoms with van der Waals surface area (Å²) in [5.74, 6) is 1.10. The van der Waals surface area contributed by atoms with E-state index < -0.39 is 0 Å². The number of rotatable bonds is 5. The number of amides is 1. The van der Waals surface area contributed by atoms with Crippen molar-refractivity contribution in [3.63, 3.8) is 0 Å². The summed E-state index contributed by atoms with van der Waals surface area (Å²) in [4.78, 5) is 17.4. The standard InChI is InChI=1S/C30H36FN3O3/c1-32-25-16-22(37-2)10-11-23(25)27-28(32)26(18-35)34(17-21-6-3-4-9-24(21)31)19-30(27)12-14-33(15-13-30)29(36)20-7-5-8-20/h3-4,6,9-11,16,20,26,35H,5,7-8,12-15,17-19H2,1-2H3/t26-/m0/s1. The van der Waals surface area contributed by atoms with Gasteiger partial charge in [0.1, 0.15) is 11.6 Å². The zero-order chi connectivity index (χ0) is 25.7. The van der Waals surface area contributed by atoms with Crippen molar-refractivity contribution in [3.05, 3.63) is 65.1 Å². The minimum Gasteiger partial charge on any atom is -0.497 e. The average Bonchev–Trinajstić information content (AvgIpc) is 3.17. The van der Waals surface area contributed by atoms with E-state index in [1.54, 1.807) is 13.2 Å². The van der Waals surface area contributed by atoms with E-state index in [0.29, 0.717) is 18.0 Å². The number of carbonyl (C=O) groups excluding carboxylic acids is 1. The van der Waals surface area contributed by atoms with E-state index in [-0.39, 0.29) is 29.8 Å². The number of aromatic nitrogens is 1. The third-order valence-corrected chi connectivity index (χ3v) is 9.24. The Bertz CT molecular complexity index is 1320. The number of hydrogen-bond acceptors (Lipinski definition) is 4. The van der Waals surface area contributed by atoms with Crippen LogP contribution in [0, 0.1) is 11.7 Å². The lowest BCUT2D eigenvalue weighted by molar-refractivity contribution is -0.140. The Labute approximate surface area is 217 Å². The van der Waals surface area contributed by atoms with Gasteiger partial charge >= 0.3 is 0 Å². The molecule has 2 aromatic carbocycles. The molecule has 2 fully saturated rings. The molecule has 0 bridgehead atoms. The Morgan fingerprint density at radius 3 is 2.57 bits per heavy atom. The number of benzene rings is 2. The first-order valence-electron chi connectivity index (χ1n) is 13.5. The monoisotopic (exact) mass is 505 g/mol. The van der Waals surface area contributed by atoms with Crippen LogP contribution in [-0.4, -0.2) is 58.7 Å². The van der Waals surface area contributed by atoms with E-state index in [1.807, 2.05) is 18.2 Å². The summed E-state index contributed by atoms with van der Waals surface area (Å²) >= 11 is 0. The van der Waals surface area contributed by atoms with Gasteiger partial charge in [-0.05, 0) is 49.4 Å². The van der Waals surface area contributed by atoms with Crippen LogP contribution in [0.5, 0.6) is 5.75 Å². The molecule has 37 heavy (non-hydrogen) atoms. The van der Waals surface area contributed by atoms with Crippen molar-refractivity contribution >= 4 is 16.8 Å². The molecule has 1 aliphatic carbocycles. The lowest BCUT2D eigenvalue weighted by atomic mass is 9.68. The molecule has 3 heterocycles.